The van der Waals surface area contributed by atoms with Gasteiger partial charge in [0.15, 0.2) is 5.82 Å². The molecule has 0 spiro atoms. The highest BCUT2D eigenvalue weighted by atomic mass is 79.9. The molecule has 0 amide bonds. The van der Waals surface area contributed by atoms with Crippen molar-refractivity contribution >= 4 is 27.7 Å². The Morgan fingerprint density at radius 3 is 2.47 bits per heavy atom. The van der Waals surface area contributed by atoms with Crippen molar-refractivity contribution < 1.29 is 4.39 Å². The molecular formula is C11H11BrFNS. The van der Waals surface area contributed by atoms with Gasteiger partial charge in [-0.15, -0.1) is 11.8 Å². The van der Waals surface area contributed by atoms with Crippen molar-refractivity contribution in [3.05, 3.63) is 28.0 Å². The van der Waals surface area contributed by atoms with E-state index in [-0.39, 0.29) is 15.0 Å². The molecule has 0 fully saturated rings. The van der Waals surface area contributed by atoms with E-state index in [1.54, 1.807) is 12.1 Å². The first-order chi connectivity index (χ1) is 6.85. The SMILES string of the molecule is CC(C)(C)Sc1ccc(C#N)c(Br)c1F. The third-order valence-electron chi connectivity index (χ3n) is 1.58. The Morgan fingerprint density at radius 1 is 1.40 bits per heavy atom. The van der Waals surface area contributed by atoms with E-state index in [0.29, 0.717) is 10.5 Å². The number of hydrogen-bond acceptors (Lipinski definition) is 2. The number of benzene rings is 1. The molecule has 0 aliphatic heterocycles. The fourth-order valence-corrected chi connectivity index (χ4v) is 2.58. The van der Waals surface area contributed by atoms with Gasteiger partial charge in [0.05, 0.1) is 10.0 Å². The fraction of sp³-hybridized carbons (Fsp3) is 0.364. The standard InChI is InChI=1S/C11H11BrFNS/c1-11(2,3)15-8-5-4-7(6-14)9(12)10(8)13/h4-5H,1-3H3. The molecule has 1 rings (SSSR count). The average molecular weight is 288 g/mol. The molecule has 0 aromatic heterocycles. The van der Waals surface area contributed by atoms with Gasteiger partial charge in [-0.2, -0.15) is 5.26 Å². The van der Waals surface area contributed by atoms with E-state index < -0.39 is 0 Å². The van der Waals surface area contributed by atoms with Crippen LogP contribution in [0, 0.1) is 17.1 Å². The highest BCUT2D eigenvalue weighted by molar-refractivity contribution is 9.10. The maximum absolute atomic E-state index is 13.8. The van der Waals surface area contributed by atoms with Crippen LogP contribution in [0.2, 0.25) is 0 Å². The van der Waals surface area contributed by atoms with E-state index in [4.69, 9.17) is 5.26 Å². The minimum Gasteiger partial charge on any atom is -0.204 e. The summed E-state index contributed by atoms with van der Waals surface area (Å²) in [5.41, 5.74) is 0.325. The monoisotopic (exact) mass is 287 g/mol. The van der Waals surface area contributed by atoms with Gasteiger partial charge in [0.1, 0.15) is 6.07 Å². The molecule has 0 saturated heterocycles. The highest BCUT2D eigenvalue weighted by Crippen LogP contribution is 2.36. The number of nitrogens with zero attached hydrogens (tertiary/aromatic N) is 1. The highest BCUT2D eigenvalue weighted by Gasteiger charge is 2.18. The molecule has 0 bridgehead atoms. The molecule has 0 aliphatic carbocycles. The fourth-order valence-electron chi connectivity index (χ4n) is 1.03. The van der Waals surface area contributed by atoms with Gasteiger partial charge in [0.2, 0.25) is 0 Å². The van der Waals surface area contributed by atoms with Crippen molar-refractivity contribution in [2.24, 2.45) is 0 Å². The first-order valence-electron chi connectivity index (χ1n) is 4.42. The number of thioether (sulfide) groups is 1. The molecule has 1 aromatic rings. The number of halogens is 2. The van der Waals surface area contributed by atoms with E-state index in [0.717, 1.165) is 0 Å². The normalized spacial score (nSPS) is 11.2. The molecule has 0 aliphatic rings. The van der Waals surface area contributed by atoms with Gasteiger partial charge in [-0.3, -0.25) is 0 Å². The maximum atomic E-state index is 13.8. The van der Waals surface area contributed by atoms with Crippen LogP contribution >= 0.6 is 27.7 Å². The molecule has 1 aromatic carbocycles. The Balaban J connectivity index is 3.14. The minimum absolute atomic E-state index is 0.0472. The Kier molecular flexibility index (Phi) is 3.80. The van der Waals surface area contributed by atoms with Crippen LogP contribution < -0.4 is 0 Å². The van der Waals surface area contributed by atoms with Crippen molar-refractivity contribution in [3.8, 4) is 6.07 Å². The van der Waals surface area contributed by atoms with Crippen molar-refractivity contribution in [3.63, 3.8) is 0 Å². The summed E-state index contributed by atoms with van der Waals surface area (Å²) < 4.78 is 14.0. The van der Waals surface area contributed by atoms with Crippen molar-refractivity contribution in [1.29, 1.82) is 5.26 Å². The van der Waals surface area contributed by atoms with Crippen LogP contribution in [0.5, 0.6) is 0 Å². The first-order valence-corrected chi connectivity index (χ1v) is 6.03. The van der Waals surface area contributed by atoms with Crippen LogP contribution in [0.3, 0.4) is 0 Å². The zero-order valence-electron chi connectivity index (χ0n) is 8.77. The van der Waals surface area contributed by atoms with Gasteiger partial charge in [-0.05, 0) is 28.1 Å². The molecule has 80 valence electrons. The lowest BCUT2D eigenvalue weighted by Crippen LogP contribution is -2.07. The molecule has 0 heterocycles. The van der Waals surface area contributed by atoms with Gasteiger partial charge in [-0.25, -0.2) is 4.39 Å². The third-order valence-corrected chi connectivity index (χ3v) is 3.51. The van der Waals surface area contributed by atoms with Crippen molar-refractivity contribution in [2.75, 3.05) is 0 Å². The summed E-state index contributed by atoms with van der Waals surface area (Å²) in [6.45, 7) is 6.05. The summed E-state index contributed by atoms with van der Waals surface area (Å²) in [7, 11) is 0. The molecule has 0 saturated carbocycles. The minimum atomic E-state index is -0.353. The Bertz CT molecular complexity index is 418. The molecule has 1 nitrogen and oxygen atoms in total. The summed E-state index contributed by atoms with van der Waals surface area (Å²) in [6.07, 6.45) is 0. The van der Waals surface area contributed by atoms with Gasteiger partial charge < -0.3 is 0 Å². The topological polar surface area (TPSA) is 23.8 Å². The second-order valence-corrected chi connectivity index (χ2v) is 6.73. The Morgan fingerprint density at radius 2 is 2.00 bits per heavy atom. The molecule has 0 N–H and O–H groups in total. The van der Waals surface area contributed by atoms with Gasteiger partial charge in [-0.1, -0.05) is 20.8 Å². The van der Waals surface area contributed by atoms with E-state index in [1.165, 1.54) is 11.8 Å². The van der Waals surface area contributed by atoms with Gasteiger partial charge >= 0.3 is 0 Å². The number of nitriles is 1. The van der Waals surface area contributed by atoms with Crippen LogP contribution in [0.1, 0.15) is 26.3 Å². The van der Waals surface area contributed by atoms with Crippen LogP contribution in [-0.2, 0) is 0 Å². The Hall–Kier alpha value is -0.530. The van der Waals surface area contributed by atoms with Gasteiger partial charge in [0.25, 0.3) is 0 Å². The number of rotatable bonds is 1. The quantitative estimate of drug-likeness (QED) is 0.717. The lowest BCUT2D eigenvalue weighted by molar-refractivity contribution is 0.593. The molecule has 0 atom stereocenters. The number of hydrogen-bond donors (Lipinski definition) is 0. The Labute approximate surface area is 102 Å². The maximum Gasteiger partial charge on any atom is 0.152 e. The van der Waals surface area contributed by atoms with E-state index in [1.807, 2.05) is 26.8 Å². The predicted octanol–water partition coefficient (Wildman–Crippen LogP) is 4.35. The van der Waals surface area contributed by atoms with E-state index in [2.05, 4.69) is 15.9 Å². The summed E-state index contributed by atoms with van der Waals surface area (Å²) in [6, 6.07) is 5.20. The van der Waals surface area contributed by atoms with Crippen molar-refractivity contribution in [1.82, 2.24) is 0 Å². The second kappa shape index (κ2) is 4.54. The second-order valence-electron chi connectivity index (χ2n) is 4.07. The third kappa shape index (κ3) is 3.22. The summed E-state index contributed by atoms with van der Waals surface area (Å²) in [5.74, 6) is -0.353. The van der Waals surface area contributed by atoms with E-state index >= 15 is 0 Å². The van der Waals surface area contributed by atoms with Crippen molar-refractivity contribution in [2.45, 2.75) is 30.4 Å². The molecule has 15 heavy (non-hydrogen) atoms. The summed E-state index contributed by atoms with van der Waals surface area (Å²) >= 11 is 4.53. The zero-order valence-corrected chi connectivity index (χ0v) is 11.2. The molecule has 0 radical (unpaired) electrons. The lowest BCUT2D eigenvalue weighted by atomic mass is 10.2. The summed E-state index contributed by atoms with van der Waals surface area (Å²) in [4.78, 5) is 0.563. The van der Waals surface area contributed by atoms with Crippen LogP contribution in [0.25, 0.3) is 0 Å². The van der Waals surface area contributed by atoms with Crippen LogP contribution in [0.15, 0.2) is 21.5 Å². The average Bonchev–Trinajstić information content (AvgIpc) is 2.11. The molecule has 4 heteroatoms. The zero-order chi connectivity index (χ0) is 11.6. The molecule has 0 unspecified atom stereocenters. The first kappa shape index (κ1) is 12.5. The molecular weight excluding hydrogens is 277 g/mol. The van der Waals surface area contributed by atoms with E-state index in [9.17, 15) is 4.39 Å². The summed E-state index contributed by atoms with van der Waals surface area (Å²) in [5, 5.41) is 8.71. The largest absolute Gasteiger partial charge is 0.204 e. The lowest BCUT2D eigenvalue weighted by Gasteiger charge is -2.18. The van der Waals surface area contributed by atoms with Crippen LogP contribution in [0.4, 0.5) is 4.39 Å². The predicted molar refractivity (Wildman–Crippen MR) is 64.4 cm³/mol. The van der Waals surface area contributed by atoms with Gasteiger partial charge in [0, 0.05) is 9.64 Å². The van der Waals surface area contributed by atoms with Crippen LogP contribution in [-0.4, -0.2) is 4.75 Å². The smallest absolute Gasteiger partial charge is 0.152 e.